The van der Waals surface area contributed by atoms with Crippen LogP contribution in [0, 0.1) is 0 Å². The summed E-state index contributed by atoms with van der Waals surface area (Å²) in [6, 6.07) is 29.5. The molecule has 0 radical (unpaired) electrons. The van der Waals surface area contributed by atoms with Gasteiger partial charge in [0.2, 0.25) is 0 Å². The van der Waals surface area contributed by atoms with Crippen molar-refractivity contribution in [2.75, 3.05) is 13.7 Å². The molecule has 0 aliphatic carbocycles. The summed E-state index contributed by atoms with van der Waals surface area (Å²) in [5, 5.41) is 0. The van der Waals surface area contributed by atoms with Gasteiger partial charge >= 0.3 is 0 Å². The van der Waals surface area contributed by atoms with E-state index in [1.807, 2.05) is 91.0 Å². The van der Waals surface area contributed by atoms with Crippen molar-refractivity contribution in [2.45, 2.75) is 44.6 Å². The largest absolute Gasteiger partial charge is 0.376 e. The van der Waals surface area contributed by atoms with Gasteiger partial charge in [-0.05, 0) is 23.6 Å². The van der Waals surface area contributed by atoms with E-state index in [2.05, 4.69) is 0 Å². The first-order valence-corrected chi connectivity index (χ1v) is 11.1. The second kappa shape index (κ2) is 13.0. The van der Waals surface area contributed by atoms with Crippen molar-refractivity contribution in [1.29, 1.82) is 0 Å². The number of carbonyl (C=O) groups is 1. The highest BCUT2D eigenvalue weighted by atomic mass is 16.6. The number of carbonyl (C=O) groups excluding carboxylic acids is 1. The van der Waals surface area contributed by atoms with Crippen LogP contribution in [0.3, 0.4) is 0 Å². The normalized spacial score (nSPS) is 14.8. The Hall–Kier alpha value is -2.83. The van der Waals surface area contributed by atoms with Crippen LogP contribution in [0.4, 0.5) is 0 Å². The van der Waals surface area contributed by atoms with Crippen molar-refractivity contribution in [2.24, 2.45) is 0 Å². The second-order valence-corrected chi connectivity index (χ2v) is 8.07. The summed E-state index contributed by atoms with van der Waals surface area (Å²) >= 11 is 0. The van der Waals surface area contributed by atoms with Gasteiger partial charge in [-0.25, -0.2) is 0 Å². The summed E-state index contributed by atoms with van der Waals surface area (Å²) in [4.78, 5) is 12.3. The average molecular weight is 449 g/mol. The van der Waals surface area contributed by atoms with Gasteiger partial charge < -0.3 is 23.7 Å². The number of ether oxygens (including phenoxy) is 4. The van der Waals surface area contributed by atoms with Crippen molar-refractivity contribution in [3.8, 4) is 0 Å². The van der Waals surface area contributed by atoms with Crippen LogP contribution in [0.2, 0.25) is 0 Å². The number of aldehydes is 1. The lowest BCUT2D eigenvalue weighted by atomic mass is 9.95. The molecule has 0 amide bonds. The van der Waals surface area contributed by atoms with E-state index < -0.39 is 17.8 Å². The standard InChI is InChI=1S/C28H32O5/c1-28(22-29,33-20-25-16-10-5-11-17-25)27(32-19-24-14-8-4-9-15-24)26(30-2)21-31-18-23-12-6-3-7-13-23/h3-17,22,26-27H,18-21H2,1-2H3. The molecular formula is C28H32O5. The van der Waals surface area contributed by atoms with Gasteiger partial charge in [0.15, 0.2) is 6.29 Å². The van der Waals surface area contributed by atoms with E-state index in [4.69, 9.17) is 18.9 Å². The highest BCUT2D eigenvalue weighted by Gasteiger charge is 2.42. The predicted octanol–water partition coefficient (Wildman–Crippen LogP) is 4.98. The Bertz CT molecular complexity index is 932. The molecule has 0 saturated carbocycles. The summed E-state index contributed by atoms with van der Waals surface area (Å²) in [5.74, 6) is 0. The van der Waals surface area contributed by atoms with Crippen LogP contribution >= 0.6 is 0 Å². The molecule has 174 valence electrons. The fourth-order valence-corrected chi connectivity index (χ4v) is 3.54. The zero-order chi connectivity index (χ0) is 23.4. The first kappa shape index (κ1) is 24.8. The molecule has 3 aromatic carbocycles. The first-order valence-electron chi connectivity index (χ1n) is 11.1. The van der Waals surface area contributed by atoms with Gasteiger partial charge in [-0.1, -0.05) is 91.0 Å². The van der Waals surface area contributed by atoms with Gasteiger partial charge in [0.05, 0.1) is 26.4 Å². The fourth-order valence-electron chi connectivity index (χ4n) is 3.54. The van der Waals surface area contributed by atoms with E-state index in [-0.39, 0.29) is 13.2 Å². The highest BCUT2D eigenvalue weighted by molar-refractivity contribution is 5.63. The average Bonchev–Trinajstić information content (AvgIpc) is 2.88. The Labute approximate surface area is 196 Å². The van der Waals surface area contributed by atoms with Crippen molar-refractivity contribution >= 4 is 6.29 Å². The van der Waals surface area contributed by atoms with Crippen LogP contribution in [0.1, 0.15) is 23.6 Å². The molecule has 3 unspecified atom stereocenters. The smallest absolute Gasteiger partial charge is 0.154 e. The van der Waals surface area contributed by atoms with Crippen molar-refractivity contribution in [3.05, 3.63) is 108 Å². The lowest BCUT2D eigenvalue weighted by Gasteiger charge is -2.37. The summed E-state index contributed by atoms with van der Waals surface area (Å²) in [7, 11) is 1.60. The van der Waals surface area contributed by atoms with Crippen LogP contribution in [0.25, 0.3) is 0 Å². The van der Waals surface area contributed by atoms with Gasteiger partial charge in [-0.15, -0.1) is 0 Å². The minimum atomic E-state index is -1.23. The topological polar surface area (TPSA) is 54.0 Å². The maximum atomic E-state index is 12.3. The highest BCUT2D eigenvalue weighted by Crippen LogP contribution is 2.25. The summed E-state index contributed by atoms with van der Waals surface area (Å²) in [6.45, 7) is 3.03. The van der Waals surface area contributed by atoms with Gasteiger partial charge in [-0.3, -0.25) is 0 Å². The quantitative estimate of drug-likeness (QED) is 0.326. The van der Waals surface area contributed by atoms with E-state index in [1.165, 1.54) is 0 Å². The molecule has 0 spiro atoms. The molecule has 0 aromatic heterocycles. The lowest BCUT2D eigenvalue weighted by Crippen LogP contribution is -2.53. The molecule has 5 heteroatoms. The van der Waals surface area contributed by atoms with Crippen LogP contribution in [0.5, 0.6) is 0 Å². The lowest BCUT2D eigenvalue weighted by molar-refractivity contribution is -0.193. The number of hydrogen-bond acceptors (Lipinski definition) is 5. The summed E-state index contributed by atoms with van der Waals surface area (Å²) in [6.07, 6.45) is -0.391. The molecule has 0 heterocycles. The van der Waals surface area contributed by atoms with Crippen molar-refractivity contribution in [3.63, 3.8) is 0 Å². The zero-order valence-electron chi connectivity index (χ0n) is 19.3. The maximum Gasteiger partial charge on any atom is 0.154 e. The van der Waals surface area contributed by atoms with Gasteiger partial charge in [0, 0.05) is 7.11 Å². The molecule has 0 aliphatic rings. The molecule has 0 N–H and O–H groups in total. The third-order valence-corrected chi connectivity index (χ3v) is 5.50. The van der Waals surface area contributed by atoms with E-state index in [9.17, 15) is 4.79 Å². The van der Waals surface area contributed by atoms with Crippen LogP contribution in [-0.2, 0) is 43.6 Å². The third kappa shape index (κ3) is 7.62. The molecule has 0 saturated heterocycles. The van der Waals surface area contributed by atoms with Gasteiger partial charge in [0.25, 0.3) is 0 Å². The van der Waals surface area contributed by atoms with Crippen LogP contribution in [-0.4, -0.2) is 37.8 Å². The molecule has 0 fully saturated rings. The fraction of sp³-hybridized carbons (Fsp3) is 0.321. The minimum Gasteiger partial charge on any atom is -0.376 e. The van der Waals surface area contributed by atoms with E-state index in [1.54, 1.807) is 14.0 Å². The predicted molar refractivity (Wildman–Crippen MR) is 128 cm³/mol. The van der Waals surface area contributed by atoms with Crippen LogP contribution in [0.15, 0.2) is 91.0 Å². The van der Waals surface area contributed by atoms with Gasteiger partial charge in [-0.2, -0.15) is 0 Å². The molecule has 0 aliphatic heterocycles. The van der Waals surface area contributed by atoms with Crippen LogP contribution < -0.4 is 0 Å². The second-order valence-electron chi connectivity index (χ2n) is 8.07. The van der Waals surface area contributed by atoms with Crippen molar-refractivity contribution < 1.29 is 23.7 Å². The van der Waals surface area contributed by atoms with Gasteiger partial charge in [0.1, 0.15) is 17.8 Å². The molecule has 0 bridgehead atoms. The SMILES string of the molecule is COC(COCc1ccccc1)C(OCc1ccccc1)C(C)(C=O)OCc1ccccc1. The monoisotopic (exact) mass is 448 g/mol. The maximum absolute atomic E-state index is 12.3. The first-order chi connectivity index (χ1) is 16.1. The van der Waals surface area contributed by atoms with E-state index >= 15 is 0 Å². The third-order valence-electron chi connectivity index (χ3n) is 5.50. The molecule has 3 rings (SSSR count). The Morgan fingerprint density at radius 1 is 0.758 bits per heavy atom. The molecule has 3 aromatic rings. The summed E-state index contributed by atoms with van der Waals surface area (Å²) in [5.41, 5.74) is 1.80. The Balaban J connectivity index is 1.73. The Morgan fingerprint density at radius 2 is 1.24 bits per heavy atom. The molecule has 33 heavy (non-hydrogen) atoms. The number of rotatable bonds is 14. The Morgan fingerprint density at radius 3 is 1.73 bits per heavy atom. The minimum absolute atomic E-state index is 0.253. The van der Waals surface area contributed by atoms with Crippen molar-refractivity contribution in [1.82, 2.24) is 0 Å². The number of hydrogen-bond donors (Lipinski definition) is 0. The number of methoxy groups -OCH3 is 1. The summed E-state index contributed by atoms with van der Waals surface area (Å²) < 4.78 is 24.1. The molecule has 5 nitrogen and oxygen atoms in total. The van der Waals surface area contributed by atoms with E-state index in [0.29, 0.717) is 13.2 Å². The van der Waals surface area contributed by atoms with E-state index in [0.717, 1.165) is 23.0 Å². The zero-order valence-corrected chi connectivity index (χ0v) is 19.3. The molecule has 3 atom stereocenters. The Kier molecular flexibility index (Phi) is 9.78. The number of benzene rings is 3. The molecular weight excluding hydrogens is 416 g/mol.